The van der Waals surface area contributed by atoms with Gasteiger partial charge in [0.2, 0.25) is 5.91 Å². The van der Waals surface area contributed by atoms with E-state index in [0.29, 0.717) is 12.1 Å². The van der Waals surface area contributed by atoms with Gasteiger partial charge in [0.1, 0.15) is 6.54 Å². The molecule has 0 radical (unpaired) electrons. The molecular formula is C16H19N3O. The highest BCUT2D eigenvalue weighted by Crippen LogP contribution is 2.26. The molecule has 4 heteroatoms. The van der Waals surface area contributed by atoms with Gasteiger partial charge < -0.3 is 4.90 Å². The summed E-state index contributed by atoms with van der Waals surface area (Å²) in [6.07, 6.45) is 0.807. The van der Waals surface area contributed by atoms with Crippen LogP contribution in [0.2, 0.25) is 0 Å². The third-order valence-corrected chi connectivity index (χ3v) is 3.29. The highest BCUT2D eigenvalue weighted by atomic mass is 16.2. The summed E-state index contributed by atoms with van der Waals surface area (Å²) in [7, 11) is 0. The van der Waals surface area contributed by atoms with E-state index in [0.717, 1.165) is 12.0 Å². The predicted octanol–water partition coefficient (Wildman–Crippen LogP) is 2.60. The summed E-state index contributed by atoms with van der Waals surface area (Å²) in [6, 6.07) is 11.2. The number of benzene rings is 1. The topological polar surface area (TPSA) is 67.9 Å². The molecule has 0 aliphatic rings. The van der Waals surface area contributed by atoms with Crippen molar-refractivity contribution in [3.05, 3.63) is 35.4 Å². The monoisotopic (exact) mass is 269 g/mol. The fraction of sp³-hybridized carbons (Fsp3) is 0.438. The Morgan fingerprint density at radius 2 is 2.05 bits per heavy atom. The number of nitriles is 2. The lowest BCUT2D eigenvalue weighted by Gasteiger charge is -2.31. The Bertz CT molecular complexity index is 564. The van der Waals surface area contributed by atoms with Crippen molar-refractivity contribution in [2.45, 2.75) is 32.6 Å². The van der Waals surface area contributed by atoms with Gasteiger partial charge in [-0.15, -0.1) is 0 Å². The molecule has 0 aromatic heterocycles. The van der Waals surface area contributed by atoms with E-state index < -0.39 is 5.41 Å². The van der Waals surface area contributed by atoms with Crippen LogP contribution in [0.3, 0.4) is 0 Å². The molecule has 0 atom stereocenters. The molecule has 0 spiro atoms. The van der Waals surface area contributed by atoms with Crippen LogP contribution in [0.5, 0.6) is 0 Å². The summed E-state index contributed by atoms with van der Waals surface area (Å²) in [5.74, 6) is -0.0870. The molecule has 1 aromatic carbocycles. The second-order valence-electron chi connectivity index (χ2n) is 5.20. The van der Waals surface area contributed by atoms with Crippen LogP contribution < -0.4 is 0 Å². The largest absolute Gasteiger partial charge is 0.329 e. The van der Waals surface area contributed by atoms with Gasteiger partial charge in [-0.3, -0.25) is 4.79 Å². The van der Waals surface area contributed by atoms with Crippen LogP contribution in [-0.4, -0.2) is 23.9 Å². The Balaban J connectivity index is 3.10. The van der Waals surface area contributed by atoms with E-state index in [9.17, 15) is 4.79 Å². The Labute approximate surface area is 120 Å². The average Bonchev–Trinajstić information content (AvgIpc) is 2.46. The quantitative estimate of drug-likeness (QED) is 0.771. The average molecular weight is 269 g/mol. The number of carbonyl (C=O) groups is 1. The fourth-order valence-electron chi connectivity index (χ4n) is 2.10. The maximum absolute atomic E-state index is 12.6. The first-order chi connectivity index (χ1) is 9.47. The van der Waals surface area contributed by atoms with Crippen molar-refractivity contribution in [2.24, 2.45) is 0 Å². The SMILES string of the molecule is CCCN(CC#N)C(=O)C(C)(C)c1cccc(C#N)c1. The minimum Gasteiger partial charge on any atom is -0.329 e. The molecule has 0 saturated carbocycles. The molecule has 0 aliphatic carbocycles. The van der Waals surface area contributed by atoms with Gasteiger partial charge in [-0.1, -0.05) is 19.1 Å². The standard InChI is InChI=1S/C16H19N3O/c1-4-9-19(10-8-17)15(20)16(2,3)14-7-5-6-13(11-14)12-18/h5-7,11H,4,9-10H2,1-3H3. The molecule has 1 amide bonds. The zero-order chi connectivity index (χ0) is 15.2. The van der Waals surface area contributed by atoms with Crippen LogP contribution in [0, 0.1) is 22.7 Å². The lowest BCUT2D eigenvalue weighted by atomic mass is 9.82. The maximum atomic E-state index is 12.6. The Morgan fingerprint density at radius 3 is 2.60 bits per heavy atom. The molecule has 0 unspecified atom stereocenters. The van der Waals surface area contributed by atoms with Gasteiger partial charge in [0.05, 0.1) is 23.1 Å². The molecule has 0 heterocycles. The fourth-order valence-corrected chi connectivity index (χ4v) is 2.10. The second-order valence-corrected chi connectivity index (χ2v) is 5.20. The summed E-state index contributed by atoms with van der Waals surface area (Å²) >= 11 is 0. The molecule has 0 fully saturated rings. The summed E-state index contributed by atoms with van der Waals surface area (Å²) in [5.41, 5.74) is 0.574. The molecule has 0 saturated heterocycles. The number of rotatable bonds is 5. The van der Waals surface area contributed by atoms with Gasteiger partial charge >= 0.3 is 0 Å². The Kier molecular flexibility index (Phi) is 5.29. The van der Waals surface area contributed by atoms with Gasteiger partial charge in [-0.2, -0.15) is 10.5 Å². The Hall–Kier alpha value is -2.33. The molecule has 4 nitrogen and oxygen atoms in total. The minimum absolute atomic E-state index is 0.0870. The van der Waals surface area contributed by atoms with Gasteiger partial charge in [-0.25, -0.2) is 0 Å². The van der Waals surface area contributed by atoms with E-state index in [1.54, 1.807) is 23.1 Å². The summed E-state index contributed by atoms with van der Waals surface area (Å²) in [5, 5.41) is 17.8. The molecular weight excluding hydrogens is 250 g/mol. The van der Waals surface area contributed by atoms with Crippen LogP contribution >= 0.6 is 0 Å². The molecule has 1 aromatic rings. The number of amides is 1. The summed E-state index contributed by atoms with van der Waals surface area (Å²) in [4.78, 5) is 14.2. The lowest BCUT2D eigenvalue weighted by Crippen LogP contribution is -2.44. The molecule has 1 rings (SSSR count). The first-order valence-corrected chi connectivity index (χ1v) is 6.64. The van der Waals surface area contributed by atoms with Gasteiger partial charge in [-0.05, 0) is 38.0 Å². The molecule has 20 heavy (non-hydrogen) atoms. The first-order valence-electron chi connectivity index (χ1n) is 6.64. The number of carbonyl (C=O) groups excluding carboxylic acids is 1. The Morgan fingerprint density at radius 1 is 1.35 bits per heavy atom. The highest BCUT2D eigenvalue weighted by Gasteiger charge is 2.33. The van der Waals surface area contributed by atoms with Crippen LogP contribution in [0.25, 0.3) is 0 Å². The molecule has 0 bridgehead atoms. The normalized spacial score (nSPS) is 10.4. The highest BCUT2D eigenvalue weighted by molar-refractivity contribution is 5.87. The van der Waals surface area contributed by atoms with Crippen molar-refractivity contribution in [3.8, 4) is 12.1 Å². The predicted molar refractivity (Wildman–Crippen MR) is 76.7 cm³/mol. The van der Waals surface area contributed by atoms with E-state index in [1.807, 2.05) is 32.9 Å². The van der Waals surface area contributed by atoms with Gasteiger partial charge in [0.25, 0.3) is 0 Å². The van der Waals surface area contributed by atoms with Gasteiger partial charge in [0.15, 0.2) is 0 Å². The zero-order valence-corrected chi connectivity index (χ0v) is 12.2. The number of nitrogens with zero attached hydrogens (tertiary/aromatic N) is 3. The van der Waals surface area contributed by atoms with E-state index >= 15 is 0 Å². The van der Waals surface area contributed by atoms with E-state index in [2.05, 4.69) is 6.07 Å². The van der Waals surface area contributed by atoms with E-state index in [1.165, 1.54) is 0 Å². The van der Waals surface area contributed by atoms with Crippen molar-refractivity contribution in [3.63, 3.8) is 0 Å². The van der Waals surface area contributed by atoms with Crippen LogP contribution in [-0.2, 0) is 10.2 Å². The second kappa shape index (κ2) is 6.73. The van der Waals surface area contributed by atoms with Crippen LogP contribution in [0.4, 0.5) is 0 Å². The zero-order valence-electron chi connectivity index (χ0n) is 12.2. The molecule has 104 valence electrons. The molecule has 0 aliphatic heterocycles. The number of hydrogen-bond acceptors (Lipinski definition) is 3. The third kappa shape index (κ3) is 3.36. The first kappa shape index (κ1) is 15.7. The maximum Gasteiger partial charge on any atom is 0.233 e. The third-order valence-electron chi connectivity index (χ3n) is 3.29. The van der Waals surface area contributed by atoms with Crippen molar-refractivity contribution in [1.29, 1.82) is 10.5 Å². The van der Waals surface area contributed by atoms with Crippen LogP contribution in [0.15, 0.2) is 24.3 Å². The van der Waals surface area contributed by atoms with Crippen LogP contribution in [0.1, 0.15) is 38.3 Å². The van der Waals surface area contributed by atoms with Crippen molar-refractivity contribution >= 4 is 5.91 Å². The van der Waals surface area contributed by atoms with Crippen molar-refractivity contribution in [2.75, 3.05) is 13.1 Å². The minimum atomic E-state index is -0.751. The molecule has 0 N–H and O–H groups in total. The lowest BCUT2D eigenvalue weighted by molar-refractivity contribution is -0.135. The van der Waals surface area contributed by atoms with E-state index in [4.69, 9.17) is 10.5 Å². The summed E-state index contributed by atoms with van der Waals surface area (Å²) in [6.45, 7) is 6.28. The van der Waals surface area contributed by atoms with Crippen molar-refractivity contribution in [1.82, 2.24) is 4.90 Å². The van der Waals surface area contributed by atoms with E-state index in [-0.39, 0.29) is 12.5 Å². The van der Waals surface area contributed by atoms with Crippen molar-refractivity contribution < 1.29 is 4.79 Å². The summed E-state index contributed by atoms with van der Waals surface area (Å²) < 4.78 is 0. The number of hydrogen-bond donors (Lipinski definition) is 0. The smallest absolute Gasteiger partial charge is 0.233 e. The van der Waals surface area contributed by atoms with Gasteiger partial charge in [0, 0.05) is 6.54 Å².